The van der Waals surface area contributed by atoms with Gasteiger partial charge in [-0.3, -0.25) is 4.98 Å². The third-order valence-electron chi connectivity index (χ3n) is 8.35. The molecule has 1 aromatic carbocycles. The van der Waals surface area contributed by atoms with Crippen LogP contribution in [-0.4, -0.2) is 4.98 Å². The predicted octanol–water partition coefficient (Wildman–Crippen LogP) is 7.64. The van der Waals surface area contributed by atoms with Crippen LogP contribution < -0.4 is 0 Å². The Morgan fingerprint density at radius 2 is 1.82 bits per heavy atom. The molecule has 0 amide bonds. The van der Waals surface area contributed by atoms with Crippen LogP contribution in [0.1, 0.15) is 87.7 Å². The van der Waals surface area contributed by atoms with Gasteiger partial charge in [0.1, 0.15) is 0 Å². The first kappa shape index (κ1) is 19.7. The first-order valence-corrected chi connectivity index (χ1v) is 11.6. The predicted molar refractivity (Wildman–Crippen MR) is 120 cm³/mol. The third kappa shape index (κ3) is 3.02. The van der Waals surface area contributed by atoms with E-state index in [9.17, 15) is 0 Å². The molecule has 0 spiro atoms. The molecule has 2 fully saturated rings. The van der Waals surface area contributed by atoms with Crippen LogP contribution in [0.3, 0.4) is 0 Å². The molecule has 150 valence electrons. The lowest BCUT2D eigenvalue weighted by molar-refractivity contribution is 0.210. The molecule has 2 saturated carbocycles. The van der Waals surface area contributed by atoms with Gasteiger partial charge in [0, 0.05) is 17.0 Å². The lowest BCUT2D eigenvalue weighted by atomic mass is 9.73. The molecular formula is C27H37N. The maximum absolute atomic E-state index is 5.25. The van der Waals surface area contributed by atoms with E-state index >= 15 is 0 Å². The van der Waals surface area contributed by atoms with Gasteiger partial charge in [-0.15, -0.1) is 0 Å². The van der Waals surface area contributed by atoms with Gasteiger partial charge in [-0.05, 0) is 85.8 Å². The Morgan fingerprint density at radius 1 is 1.07 bits per heavy atom. The molecule has 2 aromatic rings. The number of hydrogen-bond donors (Lipinski definition) is 0. The molecule has 4 atom stereocenters. The van der Waals surface area contributed by atoms with Gasteiger partial charge in [0.15, 0.2) is 0 Å². The van der Waals surface area contributed by atoms with Crippen molar-refractivity contribution < 1.29 is 0 Å². The number of benzene rings is 1. The fourth-order valence-electron chi connectivity index (χ4n) is 6.73. The minimum absolute atomic E-state index is 0.539. The number of rotatable bonds is 6. The van der Waals surface area contributed by atoms with E-state index < -0.39 is 0 Å². The van der Waals surface area contributed by atoms with Gasteiger partial charge in [-0.1, -0.05) is 63.9 Å². The van der Waals surface area contributed by atoms with Gasteiger partial charge in [-0.2, -0.15) is 0 Å². The van der Waals surface area contributed by atoms with Crippen LogP contribution >= 0.6 is 0 Å². The Hall–Kier alpha value is -1.63. The Labute approximate surface area is 172 Å². The van der Waals surface area contributed by atoms with Crippen molar-refractivity contribution in [3.8, 4) is 11.1 Å². The Kier molecular flexibility index (Phi) is 5.38. The van der Waals surface area contributed by atoms with Crippen LogP contribution in [0.2, 0.25) is 0 Å². The van der Waals surface area contributed by atoms with Crippen LogP contribution in [0.25, 0.3) is 11.1 Å². The van der Waals surface area contributed by atoms with Gasteiger partial charge < -0.3 is 0 Å². The summed E-state index contributed by atoms with van der Waals surface area (Å²) in [6, 6.07) is 10.9. The monoisotopic (exact) mass is 375 g/mol. The van der Waals surface area contributed by atoms with Crippen LogP contribution in [0.4, 0.5) is 0 Å². The van der Waals surface area contributed by atoms with E-state index in [0.717, 1.165) is 18.3 Å². The smallest absolute Gasteiger partial charge is 0.0457 e. The molecule has 2 aliphatic rings. The van der Waals surface area contributed by atoms with Crippen molar-refractivity contribution in [1.82, 2.24) is 4.98 Å². The molecule has 1 heteroatoms. The molecule has 2 bridgehead atoms. The number of fused-ring (bicyclic) bond motifs is 2. The second-order valence-corrected chi connectivity index (χ2v) is 9.61. The highest BCUT2D eigenvalue weighted by molar-refractivity contribution is 5.71. The number of pyridine rings is 1. The van der Waals surface area contributed by atoms with Crippen molar-refractivity contribution in [2.45, 2.75) is 85.5 Å². The molecular weight excluding hydrogens is 338 g/mol. The number of unbranched alkanes of at least 4 members (excludes halogenated alkanes) is 1. The van der Waals surface area contributed by atoms with Crippen molar-refractivity contribution in [2.75, 3.05) is 0 Å². The molecule has 0 saturated heterocycles. The molecule has 1 heterocycles. The van der Waals surface area contributed by atoms with E-state index in [4.69, 9.17) is 4.98 Å². The summed E-state index contributed by atoms with van der Waals surface area (Å²) in [5.74, 6) is 2.47. The molecule has 0 aliphatic heterocycles. The summed E-state index contributed by atoms with van der Waals surface area (Å²) in [6.45, 7) is 11.9. The van der Waals surface area contributed by atoms with Gasteiger partial charge >= 0.3 is 0 Å². The van der Waals surface area contributed by atoms with Gasteiger partial charge in [-0.25, -0.2) is 0 Å². The van der Waals surface area contributed by atoms with Crippen molar-refractivity contribution >= 4 is 0 Å². The van der Waals surface area contributed by atoms with Gasteiger partial charge in [0.25, 0.3) is 0 Å². The zero-order chi connectivity index (χ0) is 19.9. The van der Waals surface area contributed by atoms with Crippen LogP contribution in [0.5, 0.6) is 0 Å². The van der Waals surface area contributed by atoms with Crippen LogP contribution in [0.15, 0.2) is 30.3 Å². The highest BCUT2D eigenvalue weighted by Crippen LogP contribution is 2.65. The maximum atomic E-state index is 5.25. The van der Waals surface area contributed by atoms with Crippen LogP contribution in [-0.2, 0) is 6.42 Å². The number of aromatic nitrogens is 1. The highest BCUT2D eigenvalue weighted by Gasteiger charge is 2.55. The lowest BCUT2D eigenvalue weighted by Gasteiger charge is -2.32. The molecule has 28 heavy (non-hydrogen) atoms. The number of nitrogens with zero attached hydrogens (tertiary/aromatic N) is 1. The minimum Gasteiger partial charge on any atom is -0.257 e. The van der Waals surface area contributed by atoms with E-state index in [0.29, 0.717) is 11.3 Å². The molecule has 3 unspecified atom stereocenters. The first-order valence-electron chi connectivity index (χ1n) is 11.6. The van der Waals surface area contributed by atoms with E-state index in [1.54, 1.807) is 5.56 Å². The third-order valence-corrected chi connectivity index (χ3v) is 8.35. The van der Waals surface area contributed by atoms with E-state index in [1.807, 2.05) is 0 Å². The highest BCUT2D eigenvalue weighted by atomic mass is 14.7. The molecule has 1 aromatic heterocycles. The summed E-state index contributed by atoms with van der Waals surface area (Å²) < 4.78 is 0. The van der Waals surface area contributed by atoms with Crippen molar-refractivity contribution in [3.63, 3.8) is 0 Å². The fourth-order valence-corrected chi connectivity index (χ4v) is 6.73. The quantitative estimate of drug-likeness (QED) is 0.505. The second-order valence-electron chi connectivity index (χ2n) is 9.61. The minimum atomic E-state index is 0.539. The Balaban J connectivity index is 1.85. The molecule has 2 aliphatic carbocycles. The van der Waals surface area contributed by atoms with Crippen molar-refractivity contribution in [1.29, 1.82) is 0 Å². The molecule has 4 rings (SSSR count). The van der Waals surface area contributed by atoms with Crippen LogP contribution in [0, 0.1) is 31.1 Å². The molecule has 0 N–H and O–H groups in total. The first-order chi connectivity index (χ1) is 13.5. The average molecular weight is 376 g/mol. The zero-order valence-electron chi connectivity index (χ0n) is 18.5. The standard InChI is InChI=1S/C27H37N/c1-6-8-14-24-26(22-17-21-15-16-23(22)27(21,5)7-2)18(3)25(19(4)28-24)20-12-10-9-11-13-20/h9-13,21-23H,6-8,14-17H2,1-5H3/t21?,22-,23?,27?/m0/s1. The van der Waals surface area contributed by atoms with E-state index in [1.165, 1.54) is 66.6 Å². The van der Waals surface area contributed by atoms with Gasteiger partial charge in [0.2, 0.25) is 0 Å². The van der Waals surface area contributed by atoms with Gasteiger partial charge in [0.05, 0.1) is 0 Å². The second kappa shape index (κ2) is 7.65. The summed E-state index contributed by atoms with van der Waals surface area (Å²) >= 11 is 0. The zero-order valence-corrected chi connectivity index (χ0v) is 18.5. The van der Waals surface area contributed by atoms with E-state index in [-0.39, 0.29) is 0 Å². The maximum Gasteiger partial charge on any atom is 0.0457 e. The SMILES string of the molecule is CCCCc1nc(C)c(-c2ccccc2)c(C)c1[C@H]1CC2CCC1C2(C)CC. The largest absolute Gasteiger partial charge is 0.257 e. The molecule has 0 radical (unpaired) electrons. The average Bonchev–Trinajstić information content (AvgIpc) is 3.17. The normalized spacial score (nSPS) is 28.8. The topological polar surface area (TPSA) is 12.9 Å². The fraction of sp³-hybridized carbons (Fsp3) is 0.593. The Bertz CT molecular complexity index is 837. The molecule has 1 nitrogen and oxygen atoms in total. The lowest BCUT2D eigenvalue weighted by Crippen LogP contribution is -2.23. The van der Waals surface area contributed by atoms with Crippen molar-refractivity contribution in [3.05, 3.63) is 52.8 Å². The Morgan fingerprint density at radius 3 is 2.46 bits per heavy atom. The van der Waals surface area contributed by atoms with Crippen molar-refractivity contribution in [2.24, 2.45) is 17.3 Å². The number of hydrogen-bond acceptors (Lipinski definition) is 1. The van der Waals surface area contributed by atoms with E-state index in [2.05, 4.69) is 65.0 Å². The summed E-state index contributed by atoms with van der Waals surface area (Å²) in [5.41, 5.74) is 9.02. The summed E-state index contributed by atoms with van der Waals surface area (Å²) in [7, 11) is 0. The number of aryl methyl sites for hydroxylation is 2. The summed E-state index contributed by atoms with van der Waals surface area (Å²) in [5, 5.41) is 0. The summed E-state index contributed by atoms with van der Waals surface area (Å²) in [6.07, 6.45) is 9.19. The summed E-state index contributed by atoms with van der Waals surface area (Å²) in [4.78, 5) is 5.25.